The van der Waals surface area contributed by atoms with Crippen LogP contribution in [0.2, 0.25) is 0 Å². The predicted octanol–water partition coefficient (Wildman–Crippen LogP) is 3.02. The molecule has 4 atom stereocenters. The zero-order chi connectivity index (χ0) is 20.1. The molecule has 0 heterocycles. The van der Waals surface area contributed by atoms with Gasteiger partial charge in [0.15, 0.2) is 17.5 Å². The number of carbonyl (C=O) groups is 1. The van der Waals surface area contributed by atoms with Gasteiger partial charge in [-0.2, -0.15) is 0 Å². The highest BCUT2D eigenvalue weighted by atomic mass is 127. The first-order valence-corrected chi connectivity index (χ1v) is 10.1. The number of benzene rings is 1. The van der Waals surface area contributed by atoms with Crippen molar-refractivity contribution in [2.75, 3.05) is 27.2 Å². The lowest BCUT2D eigenvalue weighted by atomic mass is 9.95. The molecule has 0 aliphatic heterocycles. The van der Waals surface area contributed by atoms with E-state index in [2.05, 4.69) is 15.6 Å². The van der Waals surface area contributed by atoms with Crippen LogP contribution in [0.1, 0.15) is 32.6 Å². The first-order chi connectivity index (χ1) is 13.4. The van der Waals surface area contributed by atoms with Gasteiger partial charge >= 0.3 is 0 Å². The lowest BCUT2D eigenvalue weighted by Crippen LogP contribution is -2.48. The highest BCUT2D eigenvalue weighted by Gasteiger charge is 2.39. The second-order valence-electron chi connectivity index (χ2n) is 8.12. The normalized spacial score (nSPS) is 23.9. The molecule has 0 saturated heterocycles. The maximum Gasteiger partial charge on any atom is 0.243 e. The smallest absolute Gasteiger partial charge is 0.243 e. The molecular formula is C21H32FIN4O2. The van der Waals surface area contributed by atoms with Gasteiger partial charge in [-0.05, 0) is 50.2 Å². The minimum atomic E-state index is -0.375. The van der Waals surface area contributed by atoms with Crippen molar-refractivity contribution in [2.45, 2.75) is 44.8 Å². The molecule has 8 heteroatoms. The van der Waals surface area contributed by atoms with E-state index in [9.17, 15) is 9.18 Å². The van der Waals surface area contributed by atoms with Gasteiger partial charge in [-0.15, -0.1) is 24.0 Å². The molecule has 3 rings (SSSR count). The number of amides is 1. The number of halogens is 2. The standard InChI is InChI=1S/C21H31FN4O2.HI/c1-14(28-19-7-5-4-6-17(19)22)12-23-21(24-13-20(27)26(2)3)25-18-11-15-8-9-16(18)10-15;/h4-7,14-16,18H,8-13H2,1-3H3,(H2,23,24,25);1H. The predicted molar refractivity (Wildman–Crippen MR) is 123 cm³/mol. The summed E-state index contributed by atoms with van der Waals surface area (Å²) >= 11 is 0. The summed E-state index contributed by atoms with van der Waals surface area (Å²) in [5, 5.41) is 6.77. The van der Waals surface area contributed by atoms with Crippen molar-refractivity contribution in [3.8, 4) is 5.75 Å². The molecule has 4 unspecified atom stereocenters. The number of para-hydroxylation sites is 1. The zero-order valence-corrected chi connectivity index (χ0v) is 19.7. The summed E-state index contributed by atoms with van der Waals surface area (Å²) in [7, 11) is 3.44. The van der Waals surface area contributed by atoms with E-state index >= 15 is 0 Å². The minimum absolute atomic E-state index is 0. The van der Waals surface area contributed by atoms with Gasteiger partial charge in [0.05, 0.1) is 6.54 Å². The van der Waals surface area contributed by atoms with Crippen LogP contribution in [0.25, 0.3) is 0 Å². The Bertz CT molecular complexity index is 716. The largest absolute Gasteiger partial charge is 0.486 e. The molecular weight excluding hydrogens is 486 g/mol. The number of nitrogens with one attached hydrogen (secondary N) is 2. The Hall–Kier alpha value is -1.58. The van der Waals surface area contributed by atoms with Crippen molar-refractivity contribution in [3.63, 3.8) is 0 Å². The Balaban J connectivity index is 0.00000300. The van der Waals surface area contributed by atoms with Crippen molar-refractivity contribution in [1.82, 2.24) is 15.5 Å². The summed E-state index contributed by atoms with van der Waals surface area (Å²) in [4.78, 5) is 17.9. The molecule has 0 radical (unpaired) electrons. The van der Waals surface area contributed by atoms with Crippen LogP contribution in [-0.2, 0) is 4.79 Å². The number of aliphatic imine (C=N–C) groups is 1. The van der Waals surface area contributed by atoms with E-state index in [4.69, 9.17) is 4.74 Å². The number of carbonyl (C=O) groups excluding carboxylic acids is 1. The van der Waals surface area contributed by atoms with Crippen LogP contribution >= 0.6 is 24.0 Å². The van der Waals surface area contributed by atoms with Gasteiger partial charge < -0.3 is 20.3 Å². The molecule has 162 valence electrons. The average molecular weight is 518 g/mol. The second-order valence-corrected chi connectivity index (χ2v) is 8.12. The molecule has 0 aromatic heterocycles. The van der Waals surface area contributed by atoms with Crippen molar-refractivity contribution in [3.05, 3.63) is 30.1 Å². The Morgan fingerprint density at radius 1 is 1.31 bits per heavy atom. The lowest BCUT2D eigenvalue weighted by Gasteiger charge is -2.26. The lowest BCUT2D eigenvalue weighted by molar-refractivity contribution is -0.127. The summed E-state index contributed by atoms with van der Waals surface area (Å²) in [6.45, 7) is 2.42. The van der Waals surface area contributed by atoms with Crippen LogP contribution in [0, 0.1) is 17.7 Å². The van der Waals surface area contributed by atoms with E-state index in [0.717, 1.165) is 12.3 Å². The average Bonchev–Trinajstić information content (AvgIpc) is 3.28. The van der Waals surface area contributed by atoms with Gasteiger partial charge in [0.2, 0.25) is 5.91 Å². The number of fused-ring (bicyclic) bond motifs is 2. The fraction of sp³-hybridized carbons (Fsp3) is 0.619. The second kappa shape index (κ2) is 11.0. The quantitative estimate of drug-likeness (QED) is 0.331. The molecule has 1 amide bonds. The SMILES string of the molecule is CC(CNC(=NCC(=O)N(C)C)NC1CC2CCC1C2)Oc1ccccc1F.I. The van der Waals surface area contributed by atoms with E-state index in [-0.39, 0.29) is 54.1 Å². The Morgan fingerprint density at radius 2 is 2.07 bits per heavy atom. The van der Waals surface area contributed by atoms with Gasteiger partial charge in [-0.3, -0.25) is 4.79 Å². The molecule has 2 saturated carbocycles. The third-order valence-electron chi connectivity index (χ3n) is 5.65. The number of guanidine groups is 1. The number of nitrogens with zero attached hydrogens (tertiary/aromatic N) is 2. The molecule has 2 N–H and O–H groups in total. The Morgan fingerprint density at radius 3 is 2.69 bits per heavy atom. The Kier molecular flexibility index (Phi) is 8.98. The van der Waals surface area contributed by atoms with E-state index < -0.39 is 0 Å². The van der Waals surface area contributed by atoms with Crippen LogP contribution in [0.3, 0.4) is 0 Å². The summed E-state index contributed by atoms with van der Waals surface area (Å²) in [6, 6.07) is 6.78. The maximum absolute atomic E-state index is 13.8. The van der Waals surface area contributed by atoms with Crippen molar-refractivity contribution < 1.29 is 13.9 Å². The van der Waals surface area contributed by atoms with E-state index in [0.29, 0.717) is 24.5 Å². The van der Waals surface area contributed by atoms with Crippen LogP contribution < -0.4 is 15.4 Å². The summed E-state index contributed by atoms with van der Waals surface area (Å²) in [6.07, 6.45) is 4.78. The highest BCUT2D eigenvalue weighted by molar-refractivity contribution is 14.0. The van der Waals surface area contributed by atoms with Crippen LogP contribution in [0.4, 0.5) is 4.39 Å². The molecule has 1 aromatic rings. The van der Waals surface area contributed by atoms with Crippen molar-refractivity contribution in [1.29, 1.82) is 0 Å². The number of hydrogen-bond donors (Lipinski definition) is 2. The monoisotopic (exact) mass is 518 g/mol. The molecule has 2 aliphatic carbocycles. The summed E-state index contributed by atoms with van der Waals surface area (Å²) < 4.78 is 19.5. The van der Waals surface area contributed by atoms with Gasteiger partial charge in [0.25, 0.3) is 0 Å². The van der Waals surface area contributed by atoms with E-state index in [1.165, 1.54) is 30.2 Å². The van der Waals surface area contributed by atoms with E-state index in [1.807, 2.05) is 6.92 Å². The Labute approximate surface area is 189 Å². The van der Waals surface area contributed by atoms with Gasteiger partial charge in [0.1, 0.15) is 12.6 Å². The molecule has 2 aliphatic rings. The number of ether oxygens (including phenoxy) is 1. The molecule has 2 fully saturated rings. The molecule has 1 aromatic carbocycles. The summed E-state index contributed by atoms with van der Waals surface area (Å²) in [5.74, 6) is 1.93. The van der Waals surface area contributed by atoms with Crippen molar-refractivity contribution in [2.24, 2.45) is 16.8 Å². The number of likely N-dealkylation sites (N-methyl/N-ethyl adjacent to an activating group) is 1. The fourth-order valence-electron chi connectivity index (χ4n) is 4.08. The summed E-state index contributed by atoms with van der Waals surface area (Å²) in [5.41, 5.74) is 0. The fourth-order valence-corrected chi connectivity index (χ4v) is 4.08. The van der Waals surface area contributed by atoms with Gasteiger partial charge in [-0.25, -0.2) is 9.38 Å². The number of rotatable bonds is 7. The minimum Gasteiger partial charge on any atom is -0.486 e. The highest BCUT2D eigenvalue weighted by Crippen LogP contribution is 2.44. The first kappa shape index (κ1) is 23.7. The molecule has 2 bridgehead atoms. The van der Waals surface area contributed by atoms with Gasteiger partial charge in [-0.1, -0.05) is 18.6 Å². The number of hydrogen-bond acceptors (Lipinski definition) is 3. The molecule has 29 heavy (non-hydrogen) atoms. The molecule has 6 nitrogen and oxygen atoms in total. The van der Waals surface area contributed by atoms with Crippen LogP contribution in [0.5, 0.6) is 5.75 Å². The third kappa shape index (κ3) is 6.72. The topological polar surface area (TPSA) is 66.0 Å². The van der Waals surface area contributed by atoms with Gasteiger partial charge in [0, 0.05) is 20.1 Å². The van der Waals surface area contributed by atoms with Crippen molar-refractivity contribution >= 4 is 35.8 Å². The van der Waals surface area contributed by atoms with Crippen LogP contribution in [0.15, 0.2) is 29.3 Å². The first-order valence-electron chi connectivity index (χ1n) is 10.1. The maximum atomic E-state index is 13.8. The molecule has 0 spiro atoms. The third-order valence-corrected chi connectivity index (χ3v) is 5.65. The van der Waals surface area contributed by atoms with Crippen LogP contribution in [-0.4, -0.2) is 56.1 Å². The zero-order valence-electron chi connectivity index (χ0n) is 17.4. The van der Waals surface area contributed by atoms with E-state index in [1.54, 1.807) is 32.3 Å².